The van der Waals surface area contributed by atoms with E-state index < -0.39 is 35.6 Å². The van der Waals surface area contributed by atoms with Gasteiger partial charge in [0.15, 0.2) is 0 Å². The van der Waals surface area contributed by atoms with Crippen LogP contribution in [0.25, 0.3) is 0 Å². The summed E-state index contributed by atoms with van der Waals surface area (Å²) >= 11 is 0. The Kier molecular flexibility index (Phi) is 16.8. The molecule has 0 radical (unpaired) electrons. The third-order valence-corrected chi connectivity index (χ3v) is 3.81. The summed E-state index contributed by atoms with van der Waals surface area (Å²) in [6, 6.07) is 0. The largest absolute Gasteiger partial charge is 0.481 e. The van der Waals surface area contributed by atoms with Crippen LogP contribution in [0.5, 0.6) is 0 Å². The Morgan fingerprint density at radius 3 is 1.67 bits per heavy atom. The number of imide groups is 2. The van der Waals surface area contributed by atoms with Crippen LogP contribution in [0.2, 0.25) is 0 Å². The van der Waals surface area contributed by atoms with E-state index in [1.807, 2.05) is 0 Å². The highest BCUT2D eigenvalue weighted by molar-refractivity contribution is 6.01. The fourth-order valence-electron chi connectivity index (χ4n) is 2.16. The number of nitrogens with zero attached hydrogens (tertiary/aromatic N) is 2. The van der Waals surface area contributed by atoms with E-state index in [1.165, 1.54) is 6.40 Å². The number of hydrogen-bond acceptors (Lipinski definition) is 8. The molecule has 0 bridgehead atoms. The number of hydroxylamine groups is 4. The minimum atomic E-state index is -0.730. The van der Waals surface area contributed by atoms with Crippen molar-refractivity contribution in [2.45, 2.75) is 64.2 Å². The Bertz CT molecular complexity index is 758. The van der Waals surface area contributed by atoms with Gasteiger partial charge in [-0.15, -0.1) is 31.0 Å². The summed E-state index contributed by atoms with van der Waals surface area (Å²) in [5, 5.41) is 17.2. The Morgan fingerprint density at radius 2 is 1.33 bits per heavy atom. The highest BCUT2D eigenvalue weighted by atomic mass is 16.7. The summed E-state index contributed by atoms with van der Waals surface area (Å²) in [6.45, 7) is 6.98. The summed E-state index contributed by atoms with van der Waals surface area (Å²) in [5.74, 6) is -3.19. The molecule has 11 nitrogen and oxygen atoms in total. The number of terminal acetylenes is 1. The molecule has 0 aliphatic carbocycles. The van der Waals surface area contributed by atoms with Gasteiger partial charge in [-0.2, -0.15) is 5.06 Å². The van der Waals surface area contributed by atoms with Gasteiger partial charge in [0.05, 0.1) is 0 Å². The Hall–Kier alpha value is -3.78. The number of carboxylic acid groups (broad SMARTS) is 1. The second kappa shape index (κ2) is 18.9. The summed E-state index contributed by atoms with van der Waals surface area (Å²) in [6.07, 6.45) is 13.0. The fraction of sp³-hybridized carbons (Fsp3) is 0.455. The van der Waals surface area contributed by atoms with Crippen LogP contribution in [0.3, 0.4) is 0 Å². The lowest BCUT2D eigenvalue weighted by molar-refractivity contribution is -0.197. The van der Waals surface area contributed by atoms with Crippen molar-refractivity contribution in [3.05, 3.63) is 25.3 Å². The van der Waals surface area contributed by atoms with Gasteiger partial charge < -0.3 is 9.94 Å². The molecular weight excluding hydrogens is 436 g/mol. The second-order valence-electron chi connectivity index (χ2n) is 6.40. The number of carboxylic acids is 1. The van der Waals surface area contributed by atoms with E-state index in [9.17, 15) is 28.8 Å². The fourth-order valence-corrected chi connectivity index (χ4v) is 2.16. The zero-order valence-corrected chi connectivity index (χ0v) is 18.4. The highest BCUT2D eigenvalue weighted by Gasteiger charge is 2.32. The molecule has 0 saturated carbocycles. The molecule has 182 valence electrons. The van der Waals surface area contributed by atoms with Gasteiger partial charge in [-0.3, -0.25) is 29.2 Å². The van der Waals surface area contributed by atoms with Crippen molar-refractivity contribution in [1.82, 2.24) is 10.1 Å². The van der Waals surface area contributed by atoms with Crippen molar-refractivity contribution in [1.29, 1.82) is 0 Å². The monoisotopic (exact) mass is 467 g/mol. The van der Waals surface area contributed by atoms with E-state index in [2.05, 4.69) is 24.4 Å². The maximum atomic E-state index is 11.2. The van der Waals surface area contributed by atoms with Gasteiger partial charge in [0.25, 0.3) is 23.6 Å². The van der Waals surface area contributed by atoms with Gasteiger partial charge in [0, 0.05) is 38.5 Å². The number of amides is 4. The number of allylic oxidation sites excluding steroid dienone is 2. The standard InChI is InChI=1S/C10H13NO4.C6H10O2.C4H5NO3.C2H2/c1-2-3-4-5-10(14)15-11-8(12)6-7-9(11)13;1-2-3-4-5-6(7)8;6-3-1-2-4(7)5(3)8;1-2/h2H,1,3-7H2;2H,1,3-5H2,(H,7,8);8H,1-2H2;1-2H/i;;;1D. The first-order valence-electron chi connectivity index (χ1n) is 10.5. The zero-order chi connectivity index (χ0) is 26.5. The molecule has 33 heavy (non-hydrogen) atoms. The van der Waals surface area contributed by atoms with Gasteiger partial charge in [-0.25, -0.2) is 4.79 Å². The molecule has 0 aromatic heterocycles. The van der Waals surface area contributed by atoms with E-state index in [0.29, 0.717) is 24.3 Å². The Labute approximate surface area is 194 Å². The normalized spacial score (nSPS) is 14.4. The third-order valence-electron chi connectivity index (χ3n) is 3.81. The van der Waals surface area contributed by atoms with Gasteiger partial charge in [0.1, 0.15) is 1.37 Å². The molecule has 2 rings (SSSR count). The predicted molar refractivity (Wildman–Crippen MR) is 116 cm³/mol. The molecule has 11 heteroatoms. The first kappa shape index (κ1) is 29.2. The maximum Gasteiger partial charge on any atom is 0.333 e. The number of unbranched alkanes of at least 4 members (excludes halogenated alkanes) is 2. The van der Waals surface area contributed by atoms with Crippen LogP contribution in [0.15, 0.2) is 25.3 Å². The summed E-state index contributed by atoms with van der Waals surface area (Å²) < 4.78 is 5.74. The van der Waals surface area contributed by atoms with Crippen LogP contribution >= 0.6 is 0 Å². The van der Waals surface area contributed by atoms with E-state index in [1.54, 1.807) is 12.2 Å². The quantitative estimate of drug-likeness (QED) is 0.170. The molecule has 0 unspecified atom stereocenters. The van der Waals surface area contributed by atoms with E-state index >= 15 is 0 Å². The van der Waals surface area contributed by atoms with E-state index in [-0.39, 0.29) is 43.6 Å². The average molecular weight is 467 g/mol. The third kappa shape index (κ3) is 14.8. The van der Waals surface area contributed by atoms with Crippen LogP contribution in [-0.4, -0.2) is 56.0 Å². The van der Waals surface area contributed by atoms with Crippen LogP contribution in [0.1, 0.15) is 65.6 Å². The first-order chi connectivity index (χ1) is 16.0. The molecule has 2 aliphatic rings. The van der Waals surface area contributed by atoms with Gasteiger partial charge in [-0.1, -0.05) is 12.2 Å². The van der Waals surface area contributed by atoms with Crippen molar-refractivity contribution in [2.24, 2.45) is 0 Å². The molecule has 0 aromatic rings. The lowest BCUT2D eigenvalue weighted by Crippen LogP contribution is -2.31. The van der Waals surface area contributed by atoms with E-state index in [0.717, 1.165) is 6.42 Å². The molecule has 2 saturated heterocycles. The molecule has 0 atom stereocenters. The van der Waals surface area contributed by atoms with Crippen molar-refractivity contribution >= 4 is 35.6 Å². The minimum Gasteiger partial charge on any atom is -0.481 e. The highest BCUT2D eigenvalue weighted by Crippen LogP contribution is 2.13. The molecule has 4 amide bonds. The number of carbonyl (C=O) groups is 6. The van der Waals surface area contributed by atoms with Gasteiger partial charge >= 0.3 is 11.9 Å². The van der Waals surface area contributed by atoms with E-state index in [4.69, 9.17) is 11.7 Å². The van der Waals surface area contributed by atoms with Crippen LogP contribution in [-0.2, 0) is 33.6 Å². The zero-order valence-electron chi connectivity index (χ0n) is 19.4. The second-order valence-corrected chi connectivity index (χ2v) is 6.40. The molecule has 0 aromatic carbocycles. The number of hydrogen-bond donors (Lipinski definition) is 2. The molecule has 2 heterocycles. The smallest absolute Gasteiger partial charge is 0.333 e. The summed E-state index contributed by atoms with van der Waals surface area (Å²) in [7, 11) is 0. The van der Waals surface area contributed by atoms with Crippen LogP contribution in [0.4, 0.5) is 0 Å². The number of rotatable bonds is 9. The molecule has 0 spiro atoms. The van der Waals surface area contributed by atoms with Crippen LogP contribution < -0.4 is 0 Å². The van der Waals surface area contributed by atoms with Gasteiger partial charge in [0.2, 0.25) is 0 Å². The lowest BCUT2D eigenvalue weighted by Gasteiger charge is -2.11. The van der Waals surface area contributed by atoms with Crippen LogP contribution in [0, 0.1) is 12.8 Å². The summed E-state index contributed by atoms with van der Waals surface area (Å²) in [4.78, 5) is 68.2. The maximum absolute atomic E-state index is 11.2. The van der Waals surface area contributed by atoms with Crippen molar-refractivity contribution in [2.75, 3.05) is 0 Å². The Morgan fingerprint density at radius 1 is 0.939 bits per heavy atom. The topological polar surface area (TPSA) is 159 Å². The minimum absolute atomic E-state index is 0.124. The summed E-state index contributed by atoms with van der Waals surface area (Å²) in [5.41, 5.74) is 0. The molecule has 2 N–H and O–H groups in total. The van der Waals surface area contributed by atoms with Crippen molar-refractivity contribution < 1.29 is 45.3 Å². The first-order valence-corrected chi connectivity index (χ1v) is 9.97. The molecule has 2 aliphatic heterocycles. The molecular formula is C22H30N2O9. The number of carbonyl (C=O) groups excluding carboxylic acids is 5. The number of aliphatic carboxylic acids is 1. The van der Waals surface area contributed by atoms with Crippen molar-refractivity contribution in [3.8, 4) is 12.8 Å². The SMILES string of the molecule is C=CCCCC(=O)O.C=CCCCC(=O)ON1C(=O)CCC1=O.O=C1CCC(=O)N1O.[2H]C#C. The Balaban J connectivity index is 0. The predicted octanol–water partition coefficient (Wildman–Crippen LogP) is 2.15. The average Bonchev–Trinajstić information content (AvgIpc) is 3.25. The van der Waals surface area contributed by atoms with Gasteiger partial charge in [-0.05, 0) is 25.7 Å². The lowest BCUT2D eigenvalue weighted by atomic mass is 10.2. The molecule has 2 fully saturated rings. The van der Waals surface area contributed by atoms with Crippen molar-refractivity contribution in [3.63, 3.8) is 0 Å².